The molecule has 2 aliphatic heterocycles. The van der Waals surface area contributed by atoms with E-state index in [1.807, 2.05) is 32.0 Å². The molecule has 7 nitrogen and oxygen atoms in total. The minimum atomic E-state index is -0.297. The lowest BCUT2D eigenvalue weighted by Gasteiger charge is -2.22. The number of hydrogen-bond donors (Lipinski definition) is 1. The van der Waals surface area contributed by atoms with Gasteiger partial charge in [0.1, 0.15) is 13.2 Å². The summed E-state index contributed by atoms with van der Waals surface area (Å²) in [6.07, 6.45) is 0.601. The van der Waals surface area contributed by atoms with Gasteiger partial charge in [0.05, 0.1) is 17.2 Å². The molecule has 1 unspecified atom stereocenters. The highest BCUT2D eigenvalue weighted by Gasteiger charge is 2.35. The minimum absolute atomic E-state index is 0.151. The SMILES string of the molecule is Cc1ccc2c(c1)C(=O)N(CCCC(=O)NC(C)c1cc3c(cc1Br)OCCO3)C2=O. The summed E-state index contributed by atoms with van der Waals surface area (Å²) in [6, 6.07) is 8.69. The van der Waals surface area contributed by atoms with Gasteiger partial charge in [0.15, 0.2) is 11.5 Å². The molecule has 1 N–H and O–H groups in total. The Bertz CT molecular complexity index is 1070. The van der Waals surface area contributed by atoms with Crippen LogP contribution in [0.5, 0.6) is 11.5 Å². The lowest BCUT2D eigenvalue weighted by Crippen LogP contribution is -2.32. The van der Waals surface area contributed by atoms with Crippen LogP contribution in [0.2, 0.25) is 0 Å². The first kappa shape index (κ1) is 21.4. The van der Waals surface area contributed by atoms with E-state index in [0.717, 1.165) is 15.6 Å². The van der Waals surface area contributed by atoms with Gasteiger partial charge in [-0.2, -0.15) is 0 Å². The Morgan fingerprint density at radius 3 is 2.52 bits per heavy atom. The fourth-order valence-electron chi connectivity index (χ4n) is 3.81. The molecule has 0 aliphatic carbocycles. The molecule has 31 heavy (non-hydrogen) atoms. The minimum Gasteiger partial charge on any atom is -0.486 e. The Morgan fingerprint density at radius 1 is 1.10 bits per heavy atom. The van der Waals surface area contributed by atoms with Gasteiger partial charge in [0.2, 0.25) is 5.91 Å². The van der Waals surface area contributed by atoms with Crippen LogP contribution in [-0.4, -0.2) is 42.4 Å². The largest absolute Gasteiger partial charge is 0.486 e. The molecule has 2 heterocycles. The Hall–Kier alpha value is -2.87. The zero-order valence-corrected chi connectivity index (χ0v) is 19.0. The monoisotopic (exact) mass is 486 g/mol. The van der Waals surface area contributed by atoms with Gasteiger partial charge in [-0.25, -0.2) is 0 Å². The number of rotatable bonds is 6. The average Bonchev–Trinajstić information content (AvgIpc) is 2.97. The Morgan fingerprint density at radius 2 is 1.77 bits per heavy atom. The molecular formula is C23H23BrN2O5. The van der Waals surface area contributed by atoms with E-state index >= 15 is 0 Å². The van der Waals surface area contributed by atoms with Crippen LogP contribution in [0, 0.1) is 6.92 Å². The maximum Gasteiger partial charge on any atom is 0.261 e. The standard InChI is InChI=1S/C23H23BrN2O5/c1-13-5-6-15-17(10-13)23(29)26(22(15)28)7-3-4-21(27)25-14(2)16-11-19-20(12-18(16)24)31-9-8-30-19/h5-6,10-12,14H,3-4,7-9H2,1-2H3,(H,25,27). The quantitative estimate of drug-likeness (QED) is 0.627. The van der Waals surface area contributed by atoms with Gasteiger partial charge in [-0.15, -0.1) is 0 Å². The molecule has 162 valence electrons. The normalized spacial score (nSPS) is 15.6. The van der Waals surface area contributed by atoms with Gasteiger partial charge < -0.3 is 14.8 Å². The highest BCUT2D eigenvalue weighted by Crippen LogP contribution is 2.37. The first-order chi connectivity index (χ1) is 14.8. The Kier molecular flexibility index (Phi) is 6.00. The van der Waals surface area contributed by atoms with E-state index in [2.05, 4.69) is 21.2 Å². The number of fused-ring (bicyclic) bond motifs is 2. The van der Waals surface area contributed by atoms with Crippen molar-refractivity contribution in [3.8, 4) is 11.5 Å². The van der Waals surface area contributed by atoms with Crippen LogP contribution in [0.25, 0.3) is 0 Å². The van der Waals surface area contributed by atoms with Gasteiger partial charge in [-0.05, 0) is 50.1 Å². The third kappa shape index (κ3) is 4.30. The maximum atomic E-state index is 12.5. The molecule has 4 rings (SSSR count). The number of nitrogens with zero attached hydrogens (tertiary/aromatic N) is 1. The number of carbonyl (C=O) groups is 3. The smallest absolute Gasteiger partial charge is 0.261 e. The lowest BCUT2D eigenvalue weighted by atomic mass is 10.1. The van der Waals surface area contributed by atoms with Crippen LogP contribution >= 0.6 is 15.9 Å². The number of imide groups is 1. The number of hydrogen-bond acceptors (Lipinski definition) is 5. The number of benzene rings is 2. The van der Waals surface area contributed by atoms with Crippen molar-refractivity contribution in [3.63, 3.8) is 0 Å². The fourth-order valence-corrected chi connectivity index (χ4v) is 4.47. The summed E-state index contributed by atoms with van der Waals surface area (Å²) in [7, 11) is 0. The van der Waals surface area contributed by atoms with Crippen molar-refractivity contribution >= 4 is 33.7 Å². The highest BCUT2D eigenvalue weighted by molar-refractivity contribution is 9.10. The molecule has 0 saturated heterocycles. The summed E-state index contributed by atoms with van der Waals surface area (Å²) in [5.74, 6) is 0.594. The van der Waals surface area contributed by atoms with Crippen LogP contribution < -0.4 is 14.8 Å². The maximum absolute atomic E-state index is 12.5. The lowest BCUT2D eigenvalue weighted by molar-refractivity contribution is -0.121. The van der Waals surface area contributed by atoms with Crippen molar-refractivity contribution in [2.75, 3.05) is 19.8 Å². The zero-order chi connectivity index (χ0) is 22.1. The van der Waals surface area contributed by atoms with E-state index in [1.165, 1.54) is 4.90 Å². The van der Waals surface area contributed by atoms with Gasteiger partial charge in [-0.3, -0.25) is 19.3 Å². The predicted octanol–water partition coefficient (Wildman–Crippen LogP) is 3.78. The van der Waals surface area contributed by atoms with Crippen LogP contribution in [0.3, 0.4) is 0 Å². The molecule has 2 aromatic rings. The van der Waals surface area contributed by atoms with Crippen LogP contribution in [0.15, 0.2) is 34.8 Å². The number of ether oxygens (including phenoxy) is 2. The molecule has 0 bridgehead atoms. The number of halogens is 1. The second-order valence-corrected chi connectivity index (χ2v) is 8.58. The third-order valence-corrected chi connectivity index (χ3v) is 6.10. The predicted molar refractivity (Wildman–Crippen MR) is 117 cm³/mol. The van der Waals surface area contributed by atoms with E-state index in [9.17, 15) is 14.4 Å². The van der Waals surface area contributed by atoms with Crippen LogP contribution in [-0.2, 0) is 4.79 Å². The number of carbonyl (C=O) groups excluding carboxylic acids is 3. The molecule has 1 atom stereocenters. The van der Waals surface area contributed by atoms with E-state index in [1.54, 1.807) is 12.1 Å². The van der Waals surface area contributed by atoms with Gasteiger partial charge >= 0.3 is 0 Å². The van der Waals surface area contributed by atoms with Crippen LogP contribution in [0.4, 0.5) is 0 Å². The molecule has 0 aromatic heterocycles. The summed E-state index contributed by atoms with van der Waals surface area (Å²) in [4.78, 5) is 38.7. The summed E-state index contributed by atoms with van der Waals surface area (Å²) in [5.41, 5.74) is 2.68. The highest BCUT2D eigenvalue weighted by atomic mass is 79.9. The Balaban J connectivity index is 1.32. The van der Waals surface area contributed by atoms with Gasteiger partial charge in [-0.1, -0.05) is 27.6 Å². The topological polar surface area (TPSA) is 84.9 Å². The molecule has 0 radical (unpaired) electrons. The molecule has 2 aromatic carbocycles. The van der Waals surface area contributed by atoms with E-state index in [-0.39, 0.29) is 36.7 Å². The van der Waals surface area contributed by atoms with Crippen LogP contribution in [0.1, 0.15) is 57.7 Å². The van der Waals surface area contributed by atoms with Crippen molar-refractivity contribution < 1.29 is 23.9 Å². The first-order valence-electron chi connectivity index (χ1n) is 10.2. The van der Waals surface area contributed by atoms with Crippen molar-refractivity contribution in [1.82, 2.24) is 10.2 Å². The second-order valence-electron chi connectivity index (χ2n) is 7.72. The molecule has 8 heteroatoms. The Labute approximate surface area is 188 Å². The third-order valence-electron chi connectivity index (χ3n) is 5.42. The number of nitrogens with one attached hydrogen (secondary N) is 1. The molecule has 0 spiro atoms. The molecule has 0 fully saturated rings. The summed E-state index contributed by atoms with van der Waals surface area (Å²) >= 11 is 3.53. The molecule has 0 saturated carbocycles. The summed E-state index contributed by atoms with van der Waals surface area (Å²) in [5, 5.41) is 2.96. The van der Waals surface area contributed by atoms with E-state index < -0.39 is 0 Å². The van der Waals surface area contributed by atoms with Gasteiger partial charge in [0, 0.05) is 17.4 Å². The molecule has 2 aliphatic rings. The molecule has 3 amide bonds. The zero-order valence-electron chi connectivity index (χ0n) is 17.4. The summed E-state index contributed by atoms with van der Waals surface area (Å²) < 4.78 is 12.0. The number of aryl methyl sites for hydroxylation is 1. The molecular weight excluding hydrogens is 464 g/mol. The number of amides is 3. The average molecular weight is 487 g/mol. The van der Waals surface area contributed by atoms with Gasteiger partial charge in [0.25, 0.3) is 11.8 Å². The van der Waals surface area contributed by atoms with E-state index in [4.69, 9.17) is 9.47 Å². The van der Waals surface area contributed by atoms with Crippen molar-refractivity contribution in [1.29, 1.82) is 0 Å². The van der Waals surface area contributed by atoms with E-state index in [0.29, 0.717) is 42.3 Å². The first-order valence-corrected chi connectivity index (χ1v) is 11.0. The van der Waals surface area contributed by atoms with Crippen molar-refractivity contribution in [2.45, 2.75) is 32.7 Å². The fraction of sp³-hybridized carbons (Fsp3) is 0.348. The van der Waals surface area contributed by atoms with Crippen molar-refractivity contribution in [2.24, 2.45) is 0 Å². The summed E-state index contributed by atoms with van der Waals surface area (Å²) in [6.45, 7) is 4.98. The second kappa shape index (κ2) is 8.70. The van der Waals surface area contributed by atoms with Crippen molar-refractivity contribution in [3.05, 3.63) is 57.1 Å².